The van der Waals surface area contributed by atoms with Gasteiger partial charge in [0, 0.05) is 6.07 Å². The number of nitrogens with zero attached hydrogens (tertiary/aromatic N) is 2. The van der Waals surface area contributed by atoms with Crippen LogP contribution in [0.4, 0.5) is 0 Å². The minimum Gasteiger partial charge on any atom is -0.489 e. The maximum absolute atomic E-state index is 12.3. The second-order valence-electron chi connectivity index (χ2n) is 5.56. The van der Waals surface area contributed by atoms with E-state index >= 15 is 0 Å². The fourth-order valence-corrected chi connectivity index (χ4v) is 2.82. The molecular formula is C19H14ClN3O2. The number of hydrogen-bond donors (Lipinski definition) is 1. The number of nitrogens with one attached hydrogen (secondary N) is 1. The van der Waals surface area contributed by atoms with Gasteiger partial charge in [0.15, 0.2) is 0 Å². The molecule has 6 heteroatoms. The standard InChI is InChI=1S/C19H14ClN3O2/c20-18-10-17-16(11-21-18)22-19(24)23(17)14-6-8-15(9-7-14)25-12-13-4-2-1-3-5-13/h1-11H,12H2,(H,22,24). The molecule has 0 spiro atoms. The highest BCUT2D eigenvalue weighted by molar-refractivity contribution is 6.29. The SMILES string of the molecule is O=c1[nH]c2cnc(Cl)cc2n1-c1ccc(OCc2ccccc2)cc1. The molecule has 0 unspecified atom stereocenters. The summed E-state index contributed by atoms with van der Waals surface area (Å²) in [5.74, 6) is 0.736. The number of aromatic amines is 1. The third-order valence-corrected chi connectivity index (χ3v) is 4.08. The van der Waals surface area contributed by atoms with Crippen molar-refractivity contribution in [1.82, 2.24) is 14.5 Å². The largest absolute Gasteiger partial charge is 0.489 e. The first-order chi connectivity index (χ1) is 12.2. The van der Waals surface area contributed by atoms with Crippen LogP contribution < -0.4 is 10.4 Å². The number of fused-ring (bicyclic) bond motifs is 1. The molecule has 0 bridgehead atoms. The molecule has 2 heterocycles. The second-order valence-corrected chi connectivity index (χ2v) is 5.95. The van der Waals surface area contributed by atoms with Crippen LogP contribution in [0.1, 0.15) is 5.56 Å². The van der Waals surface area contributed by atoms with Crippen molar-refractivity contribution in [2.75, 3.05) is 0 Å². The lowest BCUT2D eigenvalue weighted by Gasteiger charge is -2.08. The quantitative estimate of drug-likeness (QED) is 0.566. The number of rotatable bonds is 4. The van der Waals surface area contributed by atoms with Crippen LogP contribution in [0.15, 0.2) is 71.7 Å². The van der Waals surface area contributed by atoms with Gasteiger partial charge in [-0.05, 0) is 29.8 Å². The molecular weight excluding hydrogens is 338 g/mol. The molecule has 0 saturated heterocycles. The molecule has 4 aromatic rings. The van der Waals surface area contributed by atoms with Gasteiger partial charge in [-0.25, -0.2) is 9.78 Å². The van der Waals surface area contributed by atoms with E-state index in [1.54, 1.807) is 16.8 Å². The first-order valence-corrected chi connectivity index (χ1v) is 8.12. The van der Waals surface area contributed by atoms with Gasteiger partial charge >= 0.3 is 5.69 Å². The summed E-state index contributed by atoms with van der Waals surface area (Å²) < 4.78 is 7.33. The number of pyridine rings is 1. The summed E-state index contributed by atoms with van der Waals surface area (Å²) in [5.41, 5.74) is 2.91. The Morgan fingerprint density at radius 2 is 1.84 bits per heavy atom. The Morgan fingerprint density at radius 1 is 1.08 bits per heavy atom. The van der Waals surface area contributed by atoms with Gasteiger partial charge in [0.2, 0.25) is 0 Å². The molecule has 5 nitrogen and oxygen atoms in total. The minimum absolute atomic E-state index is 0.239. The number of aromatic nitrogens is 3. The molecule has 0 atom stereocenters. The molecule has 25 heavy (non-hydrogen) atoms. The number of H-pyrrole nitrogens is 1. The normalized spacial score (nSPS) is 10.9. The van der Waals surface area contributed by atoms with Gasteiger partial charge in [0.25, 0.3) is 0 Å². The van der Waals surface area contributed by atoms with Crippen LogP contribution in [-0.2, 0) is 6.61 Å². The predicted octanol–water partition coefficient (Wildman–Crippen LogP) is 3.95. The number of hydrogen-bond acceptors (Lipinski definition) is 3. The first-order valence-electron chi connectivity index (χ1n) is 7.74. The van der Waals surface area contributed by atoms with Crippen molar-refractivity contribution in [3.63, 3.8) is 0 Å². The van der Waals surface area contributed by atoms with E-state index in [4.69, 9.17) is 16.3 Å². The number of ether oxygens (including phenoxy) is 1. The van der Waals surface area contributed by atoms with Crippen LogP contribution in [-0.4, -0.2) is 14.5 Å². The summed E-state index contributed by atoms with van der Waals surface area (Å²) >= 11 is 5.95. The van der Waals surface area contributed by atoms with Crippen molar-refractivity contribution in [2.45, 2.75) is 6.61 Å². The van der Waals surface area contributed by atoms with Crippen LogP contribution >= 0.6 is 11.6 Å². The van der Waals surface area contributed by atoms with Gasteiger partial charge in [0.1, 0.15) is 17.5 Å². The van der Waals surface area contributed by atoms with Crippen molar-refractivity contribution < 1.29 is 4.74 Å². The van der Waals surface area contributed by atoms with Gasteiger partial charge < -0.3 is 9.72 Å². The summed E-state index contributed by atoms with van der Waals surface area (Å²) in [5, 5.41) is 0.336. The van der Waals surface area contributed by atoms with Gasteiger partial charge in [-0.2, -0.15) is 0 Å². The van der Waals surface area contributed by atoms with Crippen molar-refractivity contribution >= 4 is 22.6 Å². The molecule has 0 amide bonds. The van der Waals surface area contributed by atoms with Crippen LogP contribution in [0.3, 0.4) is 0 Å². The van der Waals surface area contributed by atoms with E-state index in [1.165, 1.54) is 0 Å². The van der Waals surface area contributed by atoms with Crippen LogP contribution in [0.2, 0.25) is 5.15 Å². The summed E-state index contributed by atoms with van der Waals surface area (Å²) in [7, 11) is 0. The fourth-order valence-electron chi connectivity index (χ4n) is 2.67. The number of benzene rings is 2. The zero-order valence-corrected chi connectivity index (χ0v) is 13.9. The van der Waals surface area contributed by atoms with E-state index in [-0.39, 0.29) is 5.69 Å². The Labute approximate surface area is 148 Å². The minimum atomic E-state index is -0.239. The molecule has 0 fully saturated rings. The third kappa shape index (κ3) is 3.14. The Bertz CT molecular complexity index is 1070. The molecule has 2 aromatic heterocycles. The molecule has 0 aliphatic rings. The highest BCUT2D eigenvalue weighted by Crippen LogP contribution is 2.20. The van der Waals surface area contributed by atoms with Crippen LogP contribution in [0.5, 0.6) is 5.75 Å². The average molecular weight is 352 g/mol. The van der Waals surface area contributed by atoms with Gasteiger partial charge in [-0.1, -0.05) is 41.9 Å². The lowest BCUT2D eigenvalue weighted by atomic mass is 10.2. The first kappa shape index (κ1) is 15.5. The predicted molar refractivity (Wildman–Crippen MR) is 97.5 cm³/mol. The lowest BCUT2D eigenvalue weighted by molar-refractivity contribution is 0.306. The molecule has 1 N–H and O–H groups in total. The zero-order valence-electron chi connectivity index (χ0n) is 13.1. The average Bonchev–Trinajstić information content (AvgIpc) is 2.96. The molecule has 0 aliphatic heterocycles. The monoisotopic (exact) mass is 351 g/mol. The van der Waals surface area contributed by atoms with E-state index in [0.29, 0.717) is 22.8 Å². The Hall–Kier alpha value is -3.05. The summed E-state index contributed by atoms with van der Waals surface area (Å²) in [6, 6.07) is 19.0. The molecule has 124 valence electrons. The Balaban J connectivity index is 1.61. The van der Waals surface area contributed by atoms with Crippen molar-refractivity contribution in [2.24, 2.45) is 0 Å². The molecule has 0 aliphatic carbocycles. The smallest absolute Gasteiger partial charge is 0.331 e. The molecule has 4 rings (SSSR count). The lowest BCUT2D eigenvalue weighted by Crippen LogP contribution is -2.14. The summed E-state index contributed by atoms with van der Waals surface area (Å²) in [6.07, 6.45) is 1.55. The van der Waals surface area contributed by atoms with Gasteiger partial charge in [-0.15, -0.1) is 0 Å². The Morgan fingerprint density at radius 3 is 2.60 bits per heavy atom. The van der Waals surface area contributed by atoms with E-state index < -0.39 is 0 Å². The van der Waals surface area contributed by atoms with E-state index in [9.17, 15) is 4.79 Å². The fraction of sp³-hybridized carbons (Fsp3) is 0.0526. The van der Waals surface area contributed by atoms with Crippen molar-refractivity contribution in [3.8, 4) is 11.4 Å². The zero-order chi connectivity index (χ0) is 17.2. The summed E-state index contributed by atoms with van der Waals surface area (Å²) in [4.78, 5) is 19.0. The van der Waals surface area contributed by atoms with Crippen LogP contribution in [0, 0.1) is 0 Å². The summed E-state index contributed by atoms with van der Waals surface area (Å²) in [6.45, 7) is 0.495. The van der Waals surface area contributed by atoms with Gasteiger partial charge in [0.05, 0.1) is 22.9 Å². The van der Waals surface area contributed by atoms with Crippen molar-refractivity contribution in [3.05, 3.63) is 88.1 Å². The highest BCUT2D eigenvalue weighted by atomic mass is 35.5. The molecule has 0 saturated carbocycles. The highest BCUT2D eigenvalue weighted by Gasteiger charge is 2.10. The maximum Gasteiger partial charge on any atom is 0.331 e. The van der Waals surface area contributed by atoms with Crippen molar-refractivity contribution in [1.29, 1.82) is 0 Å². The topological polar surface area (TPSA) is 59.9 Å². The van der Waals surface area contributed by atoms with Crippen LogP contribution in [0.25, 0.3) is 16.7 Å². The Kier molecular flexibility index (Phi) is 3.99. The van der Waals surface area contributed by atoms with E-state index in [0.717, 1.165) is 17.0 Å². The number of halogens is 1. The second kappa shape index (κ2) is 6.45. The van der Waals surface area contributed by atoms with E-state index in [1.807, 2.05) is 54.6 Å². The molecule has 0 radical (unpaired) electrons. The maximum atomic E-state index is 12.3. The third-order valence-electron chi connectivity index (χ3n) is 3.88. The molecule has 2 aromatic carbocycles. The van der Waals surface area contributed by atoms with Gasteiger partial charge in [-0.3, -0.25) is 4.57 Å². The number of imidazole rings is 1. The van der Waals surface area contributed by atoms with E-state index in [2.05, 4.69) is 9.97 Å².